The minimum absolute atomic E-state index is 0.133. The summed E-state index contributed by atoms with van der Waals surface area (Å²) in [5, 5.41) is 13.6. The molecule has 1 aliphatic rings. The standard InChI is InChI=1S/C12H18N2O5/c1-4-19-10(16)7-13-8-5-12(2,3)6-9(15)11(8)14(17)18/h13H,4-7H2,1-3H3. The van der Waals surface area contributed by atoms with E-state index in [0.717, 1.165) is 0 Å². The highest BCUT2D eigenvalue weighted by Gasteiger charge is 2.39. The van der Waals surface area contributed by atoms with Crippen molar-refractivity contribution < 1.29 is 19.2 Å². The van der Waals surface area contributed by atoms with Crippen molar-refractivity contribution in [1.29, 1.82) is 0 Å². The van der Waals surface area contributed by atoms with E-state index in [1.54, 1.807) is 6.92 Å². The fraction of sp³-hybridized carbons (Fsp3) is 0.667. The second-order valence-electron chi connectivity index (χ2n) is 5.18. The lowest BCUT2D eigenvalue weighted by Crippen LogP contribution is -2.36. The van der Waals surface area contributed by atoms with Gasteiger partial charge in [0, 0.05) is 6.42 Å². The highest BCUT2D eigenvalue weighted by molar-refractivity contribution is 5.95. The van der Waals surface area contributed by atoms with Gasteiger partial charge in [0.15, 0.2) is 0 Å². The van der Waals surface area contributed by atoms with Crippen molar-refractivity contribution in [3.05, 3.63) is 21.5 Å². The maximum Gasteiger partial charge on any atom is 0.330 e. The van der Waals surface area contributed by atoms with Crippen molar-refractivity contribution in [1.82, 2.24) is 5.32 Å². The molecule has 0 unspecified atom stereocenters. The molecule has 0 aromatic rings. The molecular formula is C12H18N2O5. The van der Waals surface area contributed by atoms with Crippen LogP contribution in [-0.4, -0.2) is 29.8 Å². The van der Waals surface area contributed by atoms with E-state index >= 15 is 0 Å². The summed E-state index contributed by atoms with van der Waals surface area (Å²) >= 11 is 0. The largest absolute Gasteiger partial charge is 0.465 e. The van der Waals surface area contributed by atoms with Gasteiger partial charge in [-0.2, -0.15) is 0 Å². The number of Topliss-reactive ketones (excluding diaryl/α,β-unsaturated/α-hetero) is 1. The summed E-state index contributed by atoms with van der Waals surface area (Å²) in [5.41, 5.74) is -0.587. The van der Waals surface area contributed by atoms with E-state index in [1.165, 1.54) is 0 Å². The zero-order chi connectivity index (χ0) is 14.6. The van der Waals surface area contributed by atoms with Gasteiger partial charge in [-0.3, -0.25) is 19.7 Å². The first-order chi connectivity index (χ1) is 8.76. The molecule has 1 N–H and O–H groups in total. The number of allylic oxidation sites excluding steroid dienone is 2. The normalized spacial score (nSPS) is 18.2. The molecular weight excluding hydrogens is 252 g/mol. The van der Waals surface area contributed by atoms with Gasteiger partial charge in [-0.05, 0) is 18.8 Å². The lowest BCUT2D eigenvalue weighted by atomic mass is 9.77. The number of hydrogen-bond acceptors (Lipinski definition) is 6. The molecule has 0 saturated heterocycles. The molecule has 0 aromatic carbocycles. The van der Waals surface area contributed by atoms with E-state index < -0.39 is 22.4 Å². The van der Waals surface area contributed by atoms with Gasteiger partial charge in [-0.25, -0.2) is 0 Å². The van der Waals surface area contributed by atoms with Crippen LogP contribution >= 0.6 is 0 Å². The summed E-state index contributed by atoms with van der Waals surface area (Å²) in [6, 6.07) is 0. The number of hydrogen-bond donors (Lipinski definition) is 1. The summed E-state index contributed by atoms with van der Waals surface area (Å²) in [4.78, 5) is 33.3. The first kappa shape index (κ1) is 15.1. The highest BCUT2D eigenvalue weighted by Crippen LogP contribution is 2.35. The minimum atomic E-state index is -0.689. The van der Waals surface area contributed by atoms with E-state index in [1.807, 2.05) is 13.8 Å². The quantitative estimate of drug-likeness (QED) is 0.455. The van der Waals surface area contributed by atoms with Crippen molar-refractivity contribution in [2.45, 2.75) is 33.6 Å². The second kappa shape index (κ2) is 5.81. The predicted octanol–water partition coefficient (Wildman–Crippen LogP) is 1.02. The van der Waals surface area contributed by atoms with Crippen LogP contribution in [0.5, 0.6) is 0 Å². The Morgan fingerprint density at radius 1 is 1.47 bits per heavy atom. The third kappa shape index (κ3) is 4.04. The molecule has 0 fully saturated rings. The summed E-state index contributed by atoms with van der Waals surface area (Å²) in [6.45, 7) is 5.45. The van der Waals surface area contributed by atoms with Gasteiger partial charge < -0.3 is 10.1 Å². The molecule has 0 aliphatic heterocycles. The van der Waals surface area contributed by atoms with Crippen molar-refractivity contribution in [3.8, 4) is 0 Å². The Morgan fingerprint density at radius 2 is 2.11 bits per heavy atom. The molecule has 0 saturated carbocycles. The molecule has 19 heavy (non-hydrogen) atoms. The molecule has 0 heterocycles. The molecule has 7 nitrogen and oxygen atoms in total. The Hall–Kier alpha value is -1.92. The number of carbonyl (C=O) groups excluding carboxylic acids is 2. The van der Waals surface area contributed by atoms with Crippen LogP contribution in [0.25, 0.3) is 0 Å². The number of nitrogens with one attached hydrogen (secondary N) is 1. The van der Waals surface area contributed by atoms with Crippen molar-refractivity contribution in [3.63, 3.8) is 0 Å². The Labute approximate surface area is 111 Å². The average Bonchev–Trinajstić information content (AvgIpc) is 2.23. The molecule has 0 amide bonds. The second-order valence-corrected chi connectivity index (χ2v) is 5.18. The topological polar surface area (TPSA) is 98.5 Å². The van der Waals surface area contributed by atoms with Gasteiger partial charge in [0.05, 0.1) is 17.2 Å². The van der Waals surface area contributed by atoms with Crippen LogP contribution in [0.2, 0.25) is 0 Å². The lowest BCUT2D eigenvalue weighted by Gasteiger charge is -2.28. The lowest BCUT2D eigenvalue weighted by molar-refractivity contribution is -0.421. The molecule has 0 spiro atoms. The minimum Gasteiger partial charge on any atom is -0.465 e. The Kier molecular flexibility index (Phi) is 4.63. The zero-order valence-corrected chi connectivity index (χ0v) is 11.3. The number of ether oxygens (including phenoxy) is 1. The van der Waals surface area contributed by atoms with Crippen molar-refractivity contribution in [2.24, 2.45) is 5.41 Å². The van der Waals surface area contributed by atoms with Gasteiger partial charge in [-0.15, -0.1) is 0 Å². The van der Waals surface area contributed by atoms with Crippen LogP contribution in [0.4, 0.5) is 0 Å². The average molecular weight is 270 g/mol. The number of carbonyl (C=O) groups is 2. The fourth-order valence-electron chi connectivity index (χ4n) is 2.06. The molecule has 1 rings (SSSR count). The first-order valence-electron chi connectivity index (χ1n) is 6.07. The van der Waals surface area contributed by atoms with E-state index in [0.29, 0.717) is 6.42 Å². The van der Waals surface area contributed by atoms with Gasteiger partial charge >= 0.3 is 11.7 Å². The SMILES string of the molecule is CCOC(=O)CNC1=C([N+](=O)[O-])C(=O)CC(C)(C)C1. The van der Waals surface area contributed by atoms with E-state index in [-0.39, 0.29) is 30.7 Å². The van der Waals surface area contributed by atoms with Crippen LogP contribution in [0, 0.1) is 15.5 Å². The Bertz CT molecular complexity index is 439. The Morgan fingerprint density at radius 3 is 2.63 bits per heavy atom. The molecule has 0 atom stereocenters. The van der Waals surface area contributed by atoms with Crippen LogP contribution in [0.15, 0.2) is 11.4 Å². The number of esters is 1. The smallest absolute Gasteiger partial charge is 0.330 e. The summed E-state index contributed by atoms with van der Waals surface area (Å²) < 4.78 is 4.73. The fourth-order valence-corrected chi connectivity index (χ4v) is 2.06. The van der Waals surface area contributed by atoms with Crippen molar-refractivity contribution in [2.75, 3.05) is 13.2 Å². The van der Waals surface area contributed by atoms with Gasteiger partial charge in [0.25, 0.3) is 0 Å². The highest BCUT2D eigenvalue weighted by atomic mass is 16.6. The molecule has 0 radical (unpaired) electrons. The Balaban J connectivity index is 2.89. The van der Waals surface area contributed by atoms with Crippen molar-refractivity contribution >= 4 is 11.8 Å². The van der Waals surface area contributed by atoms with Gasteiger partial charge in [-0.1, -0.05) is 13.8 Å². The van der Waals surface area contributed by atoms with Crippen LogP contribution in [0.3, 0.4) is 0 Å². The van der Waals surface area contributed by atoms with Gasteiger partial charge in [0.1, 0.15) is 6.54 Å². The molecule has 106 valence electrons. The maximum absolute atomic E-state index is 11.8. The molecule has 1 aliphatic carbocycles. The van der Waals surface area contributed by atoms with Crippen LogP contribution in [0.1, 0.15) is 33.6 Å². The van der Waals surface area contributed by atoms with Crippen LogP contribution in [-0.2, 0) is 14.3 Å². The number of nitrogens with zero attached hydrogens (tertiary/aromatic N) is 1. The predicted molar refractivity (Wildman–Crippen MR) is 66.7 cm³/mol. The number of rotatable bonds is 5. The van der Waals surface area contributed by atoms with E-state index in [4.69, 9.17) is 4.74 Å². The zero-order valence-electron chi connectivity index (χ0n) is 11.3. The number of ketones is 1. The molecule has 0 bridgehead atoms. The third-order valence-electron chi connectivity index (χ3n) is 2.78. The third-order valence-corrected chi connectivity index (χ3v) is 2.78. The summed E-state index contributed by atoms with van der Waals surface area (Å²) in [6.07, 6.45) is 0.488. The first-order valence-corrected chi connectivity index (χ1v) is 6.07. The molecule has 0 aromatic heterocycles. The monoisotopic (exact) mass is 270 g/mol. The van der Waals surface area contributed by atoms with E-state index in [2.05, 4.69) is 5.32 Å². The summed E-state index contributed by atoms with van der Waals surface area (Å²) in [5.74, 6) is -1.01. The molecule has 7 heteroatoms. The maximum atomic E-state index is 11.8. The number of nitro groups is 1. The van der Waals surface area contributed by atoms with Gasteiger partial charge in [0.2, 0.25) is 5.78 Å². The van der Waals surface area contributed by atoms with Crippen LogP contribution < -0.4 is 5.32 Å². The summed E-state index contributed by atoms with van der Waals surface area (Å²) in [7, 11) is 0. The van der Waals surface area contributed by atoms with E-state index in [9.17, 15) is 19.7 Å².